The van der Waals surface area contributed by atoms with Gasteiger partial charge in [-0.1, -0.05) is 0 Å². The van der Waals surface area contributed by atoms with Gasteiger partial charge in [0, 0.05) is 0 Å². The summed E-state index contributed by atoms with van der Waals surface area (Å²) in [5.41, 5.74) is 0. The number of aliphatic hydroxyl groups is 11. The highest BCUT2D eigenvalue weighted by Crippen LogP contribution is 2.30. The van der Waals surface area contributed by atoms with Gasteiger partial charge >= 0.3 is 0 Å². The molecule has 0 aromatic rings. The first-order valence-corrected chi connectivity index (χ1v) is 10.6. The first-order valence-electron chi connectivity index (χ1n) is 10.6. The molecule has 16 heteroatoms. The number of ether oxygens (including phenoxy) is 5. The average molecular weight is 504 g/mol. The fourth-order valence-electron chi connectivity index (χ4n) is 3.95. The molecule has 3 rings (SSSR count). The summed E-state index contributed by atoms with van der Waals surface area (Å²) in [7, 11) is 0. The van der Waals surface area contributed by atoms with E-state index in [2.05, 4.69) is 0 Å². The molecule has 0 aromatic carbocycles. The molecule has 3 fully saturated rings. The van der Waals surface area contributed by atoms with Crippen molar-refractivity contribution in [2.45, 2.75) is 92.1 Å². The summed E-state index contributed by atoms with van der Waals surface area (Å²) in [6.45, 7) is -2.09. The average Bonchev–Trinajstić information content (AvgIpc) is 2.83. The Bertz CT molecular complexity index is 637. The lowest BCUT2D eigenvalue weighted by Gasteiger charge is -2.46. The first kappa shape index (κ1) is 27.9. The molecule has 0 aromatic heterocycles. The highest BCUT2D eigenvalue weighted by atomic mass is 16.7. The van der Waals surface area contributed by atoms with E-state index < -0.39 is 112 Å². The minimum Gasteiger partial charge on any atom is -0.394 e. The zero-order chi connectivity index (χ0) is 25.3. The second-order valence-electron chi connectivity index (χ2n) is 8.37. The van der Waals surface area contributed by atoms with Crippen LogP contribution >= 0.6 is 0 Å². The molecule has 0 bridgehead atoms. The summed E-state index contributed by atoms with van der Waals surface area (Å²) in [6.07, 6.45) is -24.7. The Morgan fingerprint density at radius 1 is 0.500 bits per heavy atom. The maximum atomic E-state index is 10.5. The SMILES string of the molecule is OC[C@H]1O[C@@H](O[C@H]2[C@H](O)[C@@H](O)[C@H](OC[C@H]3O[C@H](O)[C@H](O)[C@@H](O)[C@@H]3O)O[C@@H]2CO)[C@H](O)[C@@H](O)[C@H]1O. The third kappa shape index (κ3) is 5.52. The maximum absolute atomic E-state index is 10.5. The monoisotopic (exact) mass is 504 g/mol. The Morgan fingerprint density at radius 2 is 1.03 bits per heavy atom. The van der Waals surface area contributed by atoms with E-state index in [-0.39, 0.29) is 0 Å². The Hall–Kier alpha value is -0.640. The standard InChI is InChI=1S/C18H32O16/c19-1-4-7(21)10(24)13(27)18(32-4)34-15-5(2-20)33-17(14(28)11(15)25)30-3-6-8(22)9(23)12(26)16(29)31-6/h4-29H,1-3H2/t4-,5-,6-,7+,8-,9+,10+,11-,12-,13-,14-,15-,16+,17-,18+/m1/s1. The summed E-state index contributed by atoms with van der Waals surface area (Å²) >= 11 is 0. The van der Waals surface area contributed by atoms with Crippen molar-refractivity contribution < 1.29 is 79.9 Å². The van der Waals surface area contributed by atoms with Gasteiger partial charge in [-0.2, -0.15) is 0 Å². The molecule has 0 spiro atoms. The van der Waals surface area contributed by atoms with E-state index in [1.54, 1.807) is 0 Å². The topological polar surface area (TPSA) is 269 Å². The summed E-state index contributed by atoms with van der Waals surface area (Å²) in [5.74, 6) is 0. The maximum Gasteiger partial charge on any atom is 0.187 e. The van der Waals surface area contributed by atoms with Gasteiger partial charge in [-0.15, -0.1) is 0 Å². The van der Waals surface area contributed by atoms with Gasteiger partial charge in [0.25, 0.3) is 0 Å². The molecule has 0 saturated carbocycles. The summed E-state index contributed by atoms with van der Waals surface area (Å²) in [5, 5.41) is 109. The highest BCUT2D eigenvalue weighted by Gasteiger charge is 2.51. The summed E-state index contributed by atoms with van der Waals surface area (Å²) in [4.78, 5) is 0. The van der Waals surface area contributed by atoms with Crippen LogP contribution in [0.25, 0.3) is 0 Å². The van der Waals surface area contributed by atoms with E-state index in [1.165, 1.54) is 0 Å². The fraction of sp³-hybridized carbons (Fsp3) is 1.00. The molecule has 3 aliphatic rings. The number of hydrogen-bond donors (Lipinski definition) is 11. The minimum atomic E-state index is -1.82. The quantitative estimate of drug-likeness (QED) is 0.154. The van der Waals surface area contributed by atoms with Crippen molar-refractivity contribution in [3.63, 3.8) is 0 Å². The van der Waals surface area contributed by atoms with E-state index in [0.29, 0.717) is 0 Å². The van der Waals surface area contributed by atoms with Crippen LogP contribution in [0.4, 0.5) is 0 Å². The van der Waals surface area contributed by atoms with E-state index in [1.807, 2.05) is 0 Å². The predicted octanol–water partition coefficient (Wildman–Crippen LogP) is -7.57. The van der Waals surface area contributed by atoms with Crippen LogP contribution in [0, 0.1) is 0 Å². The van der Waals surface area contributed by atoms with Gasteiger partial charge in [-0.3, -0.25) is 0 Å². The van der Waals surface area contributed by atoms with Gasteiger partial charge in [0.1, 0.15) is 73.2 Å². The van der Waals surface area contributed by atoms with Gasteiger partial charge < -0.3 is 79.9 Å². The third-order valence-electron chi connectivity index (χ3n) is 6.07. The van der Waals surface area contributed by atoms with E-state index in [4.69, 9.17) is 23.7 Å². The zero-order valence-electron chi connectivity index (χ0n) is 17.7. The lowest BCUT2D eigenvalue weighted by atomic mass is 9.97. The largest absolute Gasteiger partial charge is 0.394 e. The van der Waals surface area contributed by atoms with Gasteiger partial charge in [0.05, 0.1) is 19.8 Å². The second-order valence-corrected chi connectivity index (χ2v) is 8.37. The molecular weight excluding hydrogens is 472 g/mol. The first-order chi connectivity index (χ1) is 16.0. The van der Waals surface area contributed by atoms with Crippen LogP contribution in [0.3, 0.4) is 0 Å². The third-order valence-corrected chi connectivity index (χ3v) is 6.07. The molecule has 0 unspecified atom stereocenters. The van der Waals surface area contributed by atoms with E-state index in [9.17, 15) is 56.2 Å². The minimum absolute atomic E-state index is 0.577. The van der Waals surface area contributed by atoms with Gasteiger partial charge in [0.2, 0.25) is 0 Å². The molecule has 11 N–H and O–H groups in total. The van der Waals surface area contributed by atoms with Crippen LogP contribution in [0.15, 0.2) is 0 Å². The van der Waals surface area contributed by atoms with Gasteiger partial charge in [0.15, 0.2) is 18.9 Å². The fourth-order valence-corrected chi connectivity index (χ4v) is 3.95. The van der Waals surface area contributed by atoms with Crippen LogP contribution in [0.5, 0.6) is 0 Å². The Labute approximate surface area is 192 Å². The van der Waals surface area contributed by atoms with Gasteiger partial charge in [-0.25, -0.2) is 0 Å². The molecule has 0 amide bonds. The molecule has 3 saturated heterocycles. The Morgan fingerprint density at radius 3 is 1.65 bits per heavy atom. The van der Waals surface area contributed by atoms with Crippen molar-refractivity contribution in [2.24, 2.45) is 0 Å². The van der Waals surface area contributed by atoms with Crippen molar-refractivity contribution in [3.8, 4) is 0 Å². The zero-order valence-corrected chi connectivity index (χ0v) is 17.7. The lowest BCUT2D eigenvalue weighted by Crippen LogP contribution is -2.65. The molecule has 15 atom stereocenters. The smallest absolute Gasteiger partial charge is 0.187 e. The summed E-state index contributed by atoms with van der Waals surface area (Å²) in [6, 6.07) is 0. The van der Waals surface area contributed by atoms with Crippen LogP contribution in [0.2, 0.25) is 0 Å². The number of aliphatic hydroxyl groups excluding tert-OH is 11. The van der Waals surface area contributed by atoms with Crippen LogP contribution in [0.1, 0.15) is 0 Å². The number of hydrogen-bond acceptors (Lipinski definition) is 16. The van der Waals surface area contributed by atoms with Crippen LogP contribution < -0.4 is 0 Å². The molecule has 0 radical (unpaired) electrons. The van der Waals surface area contributed by atoms with E-state index in [0.717, 1.165) is 0 Å². The predicted molar refractivity (Wildman–Crippen MR) is 101 cm³/mol. The molecule has 200 valence electrons. The molecule has 16 nitrogen and oxygen atoms in total. The van der Waals surface area contributed by atoms with Crippen LogP contribution in [-0.4, -0.2) is 168 Å². The van der Waals surface area contributed by atoms with Gasteiger partial charge in [-0.05, 0) is 0 Å². The van der Waals surface area contributed by atoms with Crippen LogP contribution in [-0.2, 0) is 23.7 Å². The van der Waals surface area contributed by atoms with Crippen molar-refractivity contribution >= 4 is 0 Å². The normalized spacial score (nSPS) is 52.5. The second kappa shape index (κ2) is 11.6. The highest BCUT2D eigenvalue weighted by molar-refractivity contribution is 4.94. The molecule has 3 heterocycles. The molecular formula is C18H32O16. The molecule has 3 aliphatic heterocycles. The van der Waals surface area contributed by atoms with Crippen molar-refractivity contribution in [2.75, 3.05) is 19.8 Å². The Balaban J connectivity index is 1.63. The Kier molecular flexibility index (Phi) is 9.54. The lowest BCUT2D eigenvalue weighted by molar-refractivity contribution is -0.363. The van der Waals surface area contributed by atoms with Crippen molar-refractivity contribution in [1.29, 1.82) is 0 Å². The van der Waals surface area contributed by atoms with Crippen molar-refractivity contribution in [3.05, 3.63) is 0 Å². The van der Waals surface area contributed by atoms with E-state index >= 15 is 0 Å². The molecule has 34 heavy (non-hydrogen) atoms. The number of rotatable bonds is 7. The summed E-state index contributed by atoms with van der Waals surface area (Å²) < 4.78 is 26.2. The van der Waals surface area contributed by atoms with Crippen molar-refractivity contribution in [1.82, 2.24) is 0 Å². The molecule has 0 aliphatic carbocycles.